The number of rotatable bonds is 5. The van der Waals surface area contributed by atoms with Crippen molar-refractivity contribution in [1.82, 2.24) is 25.8 Å². The summed E-state index contributed by atoms with van der Waals surface area (Å²) in [5.74, 6) is -1.35. The van der Waals surface area contributed by atoms with Crippen molar-refractivity contribution in [2.75, 3.05) is 13.1 Å². The van der Waals surface area contributed by atoms with Crippen LogP contribution in [0.2, 0.25) is 0 Å². The van der Waals surface area contributed by atoms with Crippen LogP contribution >= 0.6 is 0 Å². The molecule has 0 unspecified atom stereocenters. The molecule has 3 heterocycles. The van der Waals surface area contributed by atoms with Gasteiger partial charge < -0.3 is 30.3 Å². The maximum atomic E-state index is 14.2. The van der Waals surface area contributed by atoms with Crippen LogP contribution in [-0.2, 0) is 36.9 Å². The van der Waals surface area contributed by atoms with E-state index in [2.05, 4.69) is 22.0 Å². The quantitative estimate of drug-likeness (QED) is 0.409. The average molecular weight is 652 g/mol. The van der Waals surface area contributed by atoms with Crippen LogP contribution in [0, 0.1) is 5.92 Å². The molecule has 0 spiro atoms. The molecular formula is C35H49N5O7. The van der Waals surface area contributed by atoms with Crippen LogP contribution < -0.4 is 16.0 Å². The molecule has 1 aliphatic carbocycles. The summed E-state index contributed by atoms with van der Waals surface area (Å²) >= 11 is 0. The number of allylic oxidation sites excluding steroid dienone is 1. The third-order valence-corrected chi connectivity index (χ3v) is 9.24. The lowest BCUT2D eigenvalue weighted by Gasteiger charge is -2.30. The highest BCUT2D eigenvalue weighted by atomic mass is 16.6. The number of fused-ring (bicyclic) bond motifs is 3. The van der Waals surface area contributed by atoms with Gasteiger partial charge in [-0.2, -0.15) is 0 Å². The van der Waals surface area contributed by atoms with Crippen molar-refractivity contribution in [3.05, 3.63) is 47.5 Å². The largest absolute Gasteiger partial charge is 0.444 e. The molecule has 3 aliphatic heterocycles. The molecule has 0 radical (unpaired) electrons. The zero-order chi connectivity index (χ0) is 33.8. The highest BCUT2D eigenvalue weighted by Gasteiger charge is 2.61. The Bertz CT molecular complexity index is 1370. The number of amides is 5. The molecule has 256 valence electrons. The Balaban J connectivity index is 1.38. The summed E-state index contributed by atoms with van der Waals surface area (Å²) in [6.07, 6.45) is 6.88. The number of carbonyl (C=O) groups is 5. The van der Waals surface area contributed by atoms with Crippen LogP contribution in [0.5, 0.6) is 0 Å². The summed E-state index contributed by atoms with van der Waals surface area (Å²) in [5.41, 5.74) is 0.224. The summed E-state index contributed by atoms with van der Waals surface area (Å²) in [5, 5.41) is 8.68. The van der Waals surface area contributed by atoms with Gasteiger partial charge in [-0.05, 0) is 64.0 Å². The zero-order valence-electron chi connectivity index (χ0n) is 28.0. The summed E-state index contributed by atoms with van der Waals surface area (Å²) in [7, 11) is 0. The van der Waals surface area contributed by atoms with Gasteiger partial charge >= 0.3 is 12.2 Å². The van der Waals surface area contributed by atoms with E-state index in [-0.39, 0.29) is 24.8 Å². The topological polar surface area (TPSA) is 146 Å². The van der Waals surface area contributed by atoms with E-state index in [1.54, 1.807) is 25.7 Å². The molecule has 0 bridgehead atoms. The minimum absolute atomic E-state index is 0.0195. The highest BCUT2D eigenvalue weighted by Crippen LogP contribution is 2.45. The lowest BCUT2D eigenvalue weighted by atomic mass is 10.0. The van der Waals surface area contributed by atoms with Crippen molar-refractivity contribution in [1.29, 1.82) is 0 Å². The Kier molecular flexibility index (Phi) is 10.5. The monoisotopic (exact) mass is 651 g/mol. The molecular weight excluding hydrogens is 602 g/mol. The van der Waals surface area contributed by atoms with Gasteiger partial charge in [0.1, 0.15) is 29.3 Å². The second-order valence-electron chi connectivity index (χ2n) is 14.2. The van der Waals surface area contributed by atoms with Crippen LogP contribution in [0.25, 0.3) is 0 Å². The first-order chi connectivity index (χ1) is 22.4. The number of alkyl carbamates (subject to hydrolysis) is 1. The summed E-state index contributed by atoms with van der Waals surface area (Å²) < 4.78 is 11.4. The number of nitrogens with zero attached hydrogens (tertiary/aromatic N) is 2. The normalized spacial score (nSPS) is 27.7. The Morgan fingerprint density at radius 2 is 1.79 bits per heavy atom. The van der Waals surface area contributed by atoms with E-state index < -0.39 is 53.3 Å². The number of hydrogen-bond acceptors (Lipinski definition) is 7. The lowest BCUT2D eigenvalue weighted by molar-refractivity contribution is -0.141. The summed E-state index contributed by atoms with van der Waals surface area (Å²) in [6, 6.07) is 5.85. The molecule has 1 saturated carbocycles. The molecule has 3 N–H and O–H groups in total. The number of hydrogen-bond donors (Lipinski definition) is 3. The molecule has 1 saturated heterocycles. The maximum absolute atomic E-state index is 14.2. The SMILES string of the molecule is CCCNC(=O)[C@@]12C[C@H]1C=CCCCCC[C@H](NC(=O)OC(C)(C)C)C(=O)N1C[C@H](OC(=O)N3Cc4ccccc4C3)C[C@H]1C(=O)N2. The van der Waals surface area contributed by atoms with Crippen molar-refractivity contribution >= 4 is 29.9 Å². The third kappa shape index (κ3) is 8.26. The van der Waals surface area contributed by atoms with E-state index in [0.29, 0.717) is 38.9 Å². The molecule has 5 atom stereocenters. The zero-order valence-corrected chi connectivity index (χ0v) is 28.0. The lowest BCUT2D eigenvalue weighted by Crippen LogP contribution is -2.58. The average Bonchev–Trinajstić information content (AvgIpc) is 3.33. The smallest absolute Gasteiger partial charge is 0.410 e. The van der Waals surface area contributed by atoms with Gasteiger partial charge in [-0.1, -0.05) is 56.2 Å². The van der Waals surface area contributed by atoms with E-state index in [9.17, 15) is 24.0 Å². The first-order valence-electron chi connectivity index (χ1n) is 17.0. The van der Waals surface area contributed by atoms with Crippen molar-refractivity contribution < 1.29 is 33.4 Å². The van der Waals surface area contributed by atoms with Gasteiger partial charge in [-0.15, -0.1) is 0 Å². The van der Waals surface area contributed by atoms with Crippen LogP contribution in [0.15, 0.2) is 36.4 Å². The van der Waals surface area contributed by atoms with Gasteiger partial charge in [0, 0.05) is 32.0 Å². The first-order valence-corrected chi connectivity index (χ1v) is 17.0. The molecule has 2 fully saturated rings. The number of ether oxygens (including phenoxy) is 2. The molecule has 0 aromatic heterocycles. The van der Waals surface area contributed by atoms with E-state index in [0.717, 1.165) is 36.8 Å². The molecule has 12 nitrogen and oxygen atoms in total. The predicted molar refractivity (Wildman–Crippen MR) is 174 cm³/mol. The molecule has 1 aromatic carbocycles. The van der Waals surface area contributed by atoms with Crippen LogP contribution in [0.3, 0.4) is 0 Å². The Morgan fingerprint density at radius 1 is 1.06 bits per heavy atom. The van der Waals surface area contributed by atoms with Crippen molar-refractivity contribution in [3.63, 3.8) is 0 Å². The van der Waals surface area contributed by atoms with Gasteiger partial charge in [0.2, 0.25) is 17.7 Å². The highest BCUT2D eigenvalue weighted by molar-refractivity contribution is 5.98. The van der Waals surface area contributed by atoms with E-state index in [4.69, 9.17) is 9.47 Å². The molecule has 47 heavy (non-hydrogen) atoms. The molecule has 1 aromatic rings. The fourth-order valence-electron chi connectivity index (χ4n) is 6.69. The maximum Gasteiger partial charge on any atom is 0.410 e. The predicted octanol–water partition coefficient (Wildman–Crippen LogP) is 3.92. The Hall–Kier alpha value is -4.09. The molecule has 12 heteroatoms. The summed E-state index contributed by atoms with van der Waals surface area (Å²) in [4.78, 5) is 70.8. The van der Waals surface area contributed by atoms with E-state index in [1.807, 2.05) is 37.3 Å². The Labute approximate surface area is 277 Å². The van der Waals surface area contributed by atoms with Gasteiger partial charge in [-0.25, -0.2) is 9.59 Å². The van der Waals surface area contributed by atoms with Crippen molar-refractivity contribution in [2.24, 2.45) is 5.92 Å². The minimum atomic E-state index is -1.11. The minimum Gasteiger partial charge on any atom is -0.444 e. The van der Waals surface area contributed by atoms with Gasteiger partial charge in [-0.3, -0.25) is 19.3 Å². The molecule has 5 amide bonds. The third-order valence-electron chi connectivity index (χ3n) is 9.24. The van der Waals surface area contributed by atoms with Crippen LogP contribution in [0.4, 0.5) is 9.59 Å². The molecule has 4 aliphatic rings. The van der Waals surface area contributed by atoms with E-state index >= 15 is 0 Å². The number of carbonyl (C=O) groups excluding carboxylic acids is 5. The van der Waals surface area contributed by atoms with E-state index in [1.165, 1.54) is 4.90 Å². The second kappa shape index (κ2) is 14.4. The standard InChI is InChI=1S/C35H49N5O7/c1-5-17-36-31(43)35-19-25(35)15-9-7-6-8-10-16-27(37-32(44)47-34(2,3)4)30(42)40-22-26(18-28(40)29(41)38-35)46-33(45)39-20-23-13-11-12-14-24(23)21-39/h9,11-15,25-28H,5-8,10,16-22H2,1-4H3,(H,36,43)(H,37,44)(H,38,41)/t25-,26-,27+,28+,35-/m1/s1. The van der Waals surface area contributed by atoms with Gasteiger partial charge in [0.05, 0.1) is 6.54 Å². The Morgan fingerprint density at radius 3 is 2.47 bits per heavy atom. The van der Waals surface area contributed by atoms with Crippen LogP contribution in [-0.4, -0.2) is 82.1 Å². The van der Waals surface area contributed by atoms with Crippen molar-refractivity contribution in [3.8, 4) is 0 Å². The number of nitrogens with one attached hydrogen (secondary N) is 3. The van der Waals surface area contributed by atoms with Crippen molar-refractivity contribution in [2.45, 2.75) is 121 Å². The van der Waals surface area contributed by atoms with Crippen LogP contribution in [0.1, 0.15) is 90.2 Å². The first kappa shape index (κ1) is 34.3. The second-order valence-corrected chi connectivity index (χ2v) is 14.2. The summed E-state index contributed by atoms with van der Waals surface area (Å²) in [6.45, 7) is 8.49. The fraction of sp³-hybridized carbons (Fsp3) is 0.629. The number of benzene rings is 1. The van der Waals surface area contributed by atoms with Gasteiger partial charge in [0.25, 0.3) is 0 Å². The van der Waals surface area contributed by atoms with Gasteiger partial charge in [0.15, 0.2) is 0 Å². The fourth-order valence-corrected chi connectivity index (χ4v) is 6.69. The molecule has 5 rings (SSSR count).